The molecular weight excluding hydrogens is 388 g/mol. The zero-order chi connectivity index (χ0) is 17.6. The monoisotopic (exact) mass is 413 g/mol. The average Bonchev–Trinajstić information content (AvgIpc) is 3.07. The van der Waals surface area contributed by atoms with Crippen LogP contribution >= 0.6 is 24.8 Å². The summed E-state index contributed by atoms with van der Waals surface area (Å²) in [7, 11) is 0. The molecule has 0 spiro atoms. The van der Waals surface area contributed by atoms with Crippen LogP contribution in [-0.4, -0.2) is 28.4 Å². The second-order valence-electron chi connectivity index (χ2n) is 6.73. The largest absolute Gasteiger partial charge is 0.338 e. The number of pyridine rings is 1. The molecule has 1 aromatic carbocycles. The van der Waals surface area contributed by atoms with Gasteiger partial charge in [-0.05, 0) is 49.1 Å². The predicted molar refractivity (Wildman–Crippen MR) is 110 cm³/mol. The molecule has 7 heteroatoms. The molecular formula is C20H26Cl2FN3O. The molecule has 2 aromatic rings. The second kappa shape index (κ2) is 11.2. The lowest BCUT2D eigenvalue weighted by molar-refractivity contribution is -0.136. The lowest BCUT2D eigenvalue weighted by atomic mass is 10.0. The Morgan fingerprint density at radius 2 is 1.89 bits per heavy atom. The highest BCUT2D eigenvalue weighted by Gasteiger charge is 2.31. The molecule has 2 N–H and O–H groups in total. The first-order valence-electron chi connectivity index (χ1n) is 8.80. The molecule has 3 rings (SSSR count). The van der Waals surface area contributed by atoms with Crippen LogP contribution in [0.15, 0.2) is 48.7 Å². The van der Waals surface area contributed by atoms with Gasteiger partial charge < -0.3 is 10.6 Å². The molecule has 1 fully saturated rings. The van der Waals surface area contributed by atoms with Gasteiger partial charge in [0, 0.05) is 43.4 Å². The van der Waals surface area contributed by atoms with Gasteiger partial charge in [0.25, 0.3) is 0 Å². The van der Waals surface area contributed by atoms with Crippen LogP contribution in [-0.2, 0) is 17.8 Å². The molecule has 1 aliphatic rings. The van der Waals surface area contributed by atoms with Gasteiger partial charge in [-0.2, -0.15) is 0 Å². The standard InChI is InChI=1S/C20H24FN3O.2ClH/c21-17-7-4-15(5-8-17)14-24(12-10-19-3-1-2-11-23-19)20(25)16-6-9-18(22)13-16;;/h1-5,7-8,11,16,18H,6,9-10,12-14,22H2;2*1H. The van der Waals surface area contributed by atoms with E-state index in [4.69, 9.17) is 5.73 Å². The molecule has 0 aliphatic heterocycles. The Morgan fingerprint density at radius 3 is 2.48 bits per heavy atom. The van der Waals surface area contributed by atoms with Crippen molar-refractivity contribution in [2.45, 2.75) is 38.3 Å². The molecule has 1 heterocycles. The third-order valence-corrected chi connectivity index (χ3v) is 4.78. The molecule has 0 saturated heterocycles. The second-order valence-corrected chi connectivity index (χ2v) is 6.73. The molecule has 0 bridgehead atoms. The van der Waals surface area contributed by atoms with Crippen molar-refractivity contribution in [3.8, 4) is 0 Å². The van der Waals surface area contributed by atoms with Crippen molar-refractivity contribution in [1.29, 1.82) is 0 Å². The Bertz CT molecular complexity index is 700. The SMILES string of the molecule is Cl.Cl.NC1CCC(C(=O)N(CCc2ccccn2)Cc2ccc(F)cc2)C1. The van der Waals surface area contributed by atoms with Gasteiger partial charge in [0.05, 0.1) is 0 Å². The van der Waals surface area contributed by atoms with E-state index in [1.807, 2.05) is 23.1 Å². The molecule has 2 unspecified atom stereocenters. The summed E-state index contributed by atoms with van der Waals surface area (Å²) in [5.41, 5.74) is 7.86. The summed E-state index contributed by atoms with van der Waals surface area (Å²) in [6.07, 6.45) is 4.97. The summed E-state index contributed by atoms with van der Waals surface area (Å²) < 4.78 is 13.1. The van der Waals surface area contributed by atoms with Gasteiger partial charge in [0.1, 0.15) is 5.82 Å². The molecule has 1 aliphatic carbocycles. The van der Waals surface area contributed by atoms with Crippen LogP contribution in [0.2, 0.25) is 0 Å². The van der Waals surface area contributed by atoms with E-state index in [0.29, 0.717) is 19.5 Å². The Morgan fingerprint density at radius 1 is 1.15 bits per heavy atom. The van der Waals surface area contributed by atoms with Crippen LogP contribution in [0.4, 0.5) is 4.39 Å². The van der Waals surface area contributed by atoms with Gasteiger partial charge in [-0.25, -0.2) is 4.39 Å². The zero-order valence-electron chi connectivity index (χ0n) is 15.1. The summed E-state index contributed by atoms with van der Waals surface area (Å²) in [5.74, 6) is -0.121. The molecule has 4 nitrogen and oxygen atoms in total. The highest BCUT2D eigenvalue weighted by atomic mass is 35.5. The number of carbonyl (C=O) groups excluding carboxylic acids is 1. The summed E-state index contributed by atoms with van der Waals surface area (Å²) in [6, 6.07) is 12.2. The van der Waals surface area contributed by atoms with E-state index in [2.05, 4.69) is 4.98 Å². The van der Waals surface area contributed by atoms with Gasteiger partial charge in [0.15, 0.2) is 0 Å². The number of benzene rings is 1. The quantitative estimate of drug-likeness (QED) is 0.783. The number of nitrogens with zero attached hydrogens (tertiary/aromatic N) is 2. The number of hydrogen-bond acceptors (Lipinski definition) is 3. The van der Waals surface area contributed by atoms with Crippen molar-refractivity contribution >= 4 is 30.7 Å². The van der Waals surface area contributed by atoms with Gasteiger partial charge >= 0.3 is 0 Å². The van der Waals surface area contributed by atoms with Crippen LogP contribution in [0.5, 0.6) is 0 Å². The molecule has 2 atom stereocenters. The summed E-state index contributed by atoms with van der Waals surface area (Å²) >= 11 is 0. The topological polar surface area (TPSA) is 59.2 Å². The van der Waals surface area contributed by atoms with Gasteiger partial charge in [0.2, 0.25) is 5.91 Å². The maximum Gasteiger partial charge on any atom is 0.226 e. The van der Waals surface area contributed by atoms with E-state index in [0.717, 1.165) is 30.5 Å². The average molecular weight is 414 g/mol. The predicted octanol–water partition coefficient (Wildman–Crippen LogP) is 3.76. The highest BCUT2D eigenvalue weighted by Crippen LogP contribution is 2.26. The van der Waals surface area contributed by atoms with Crippen LogP contribution in [0, 0.1) is 11.7 Å². The van der Waals surface area contributed by atoms with Crippen molar-refractivity contribution in [2.75, 3.05) is 6.54 Å². The first kappa shape index (κ1) is 23.3. The Labute approximate surface area is 172 Å². The van der Waals surface area contributed by atoms with Crippen molar-refractivity contribution < 1.29 is 9.18 Å². The fourth-order valence-electron chi connectivity index (χ4n) is 3.37. The summed E-state index contributed by atoms with van der Waals surface area (Å²) in [6.45, 7) is 1.08. The fourth-order valence-corrected chi connectivity index (χ4v) is 3.37. The normalized spacial score (nSPS) is 18.3. The van der Waals surface area contributed by atoms with Crippen molar-refractivity contribution in [2.24, 2.45) is 11.7 Å². The first-order chi connectivity index (χ1) is 12.1. The van der Waals surface area contributed by atoms with Gasteiger partial charge in [-0.3, -0.25) is 9.78 Å². The smallest absolute Gasteiger partial charge is 0.226 e. The fraction of sp³-hybridized carbons (Fsp3) is 0.400. The molecule has 1 amide bonds. The van der Waals surface area contributed by atoms with E-state index >= 15 is 0 Å². The van der Waals surface area contributed by atoms with E-state index in [1.54, 1.807) is 18.3 Å². The van der Waals surface area contributed by atoms with Gasteiger partial charge in [-0.15, -0.1) is 24.8 Å². The number of halogens is 3. The number of aromatic nitrogens is 1. The van der Waals surface area contributed by atoms with E-state index < -0.39 is 0 Å². The van der Waals surface area contributed by atoms with Crippen molar-refractivity contribution in [3.05, 3.63) is 65.7 Å². The highest BCUT2D eigenvalue weighted by molar-refractivity contribution is 5.85. The lowest BCUT2D eigenvalue weighted by Crippen LogP contribution is -2.37. The molecule has 0 radical (unpaired) electrons. The van der Waals surface area contributed by atoms with E-state index in [1.165, 1.54) is 12.1 Å². The Kier molecular flexibility index (Phi) is 9.70. The van der Waals surface area contributed by atoms with Crippen LogP contribution in [0.1, 0.15) is 30.5 Å². The zero-order valence-corrected chi connectivity index (χ0v) is 16.7. The Balaban J connectivity index is 0.00000182. The number of amides is 1. The molecule has 27 heavy (non-hydrogen) atoms. The van der Waals surface area contributed by atoms with E-state index in [9.17, 15) is 9.18 Å². The number of carbonyl (C=O) groups is 1. The Hall–Kier alpha value is -1.69. The van der Waals surface area contributed by atoms with Gasteiger partial charge in [-0.1, -0.05) is 18.2 Å². The molecule has 148 valence electrons. The number of nitrogens with two attached hydrogens (primary N) is 1. The lowest BCUT2D eigenvalue weighted by Gasteiger charge is -2.26. The number of rotatable bonds is 6. The van der Waals surface area contributed by atoms with Crippen LogP contribution in [0.3, 0.4) is 0 Å². The maximum atomic E-state index is 13.1. The van der Waals surface area contributed by atoms with Crippen LogP contribution < -0.4 is 5.73 Å². The summed E-state index contributed by atoms with van der Waals surface area (Å²) in [4.78, 5) is 19.2. The van der Waals surface area contributed by atoms with E-state index in [-0.39, 0.29) is 48.5 Å². The minimum absolute atomic E-state index is 0. The third kappa shape index (κ3) is 6.76. The van der Waals surface area contributed by atoms with Crippen LogP contribution in [0.25, 0.3) is 0 Å². The minimum Gasteiger partial charge on any atom is -0.338 e. The first-order valence-corrected chi connectivity index (χ1v) is 8.80. The van der Waals surface area contributed by atoms with Crippen molar-refractivity contribution in [1.82, 2.24) is 9.88 Å². The van der Waals surface area contributed by atoms with Crippen molar-refractivity contribution in [3.63, 3.8) is 0 Å². The summed E-state index contributed by atoms with van der Waals surface area (Å²) in [5, 5.41) is 0. The maximum absolute atomic E-state index is 13.1. The molecule has 1 aromatic heterocycles. The molecule has 1 saturated carbocycles. The number of hydrogen-bond donors (Lipinski definition) is 1. The minimum atomic E-state index is -0.267. The third-order valence-electron chi connectivity index (χ3n) is 4.78.